The van der Waals surface area contributed by atoms with Crippen molar-refractivity contribution in [1.29, 1.82) is 0 Å². The van der Waals surface area contributed by atoms with Crippen LogP contribution in [0.15, 0.2) is 41.0 Å². The molecule has 0 radical (unpaired) electrons. The predicted molar refractivity (Wildman–Crippen MR) is 75.4 cm³/mol. The van der Waals surface area contributed by atoms with E-state index in [0.717, 1.165) is 10.0 Å². The normalized spacial score (nSPS) is 17.4. The molecule has 0 spiro atoms. The number of carbonyl (C=O) groups excluding carboxylic acids is 1. The number of ether oxygens (including phenoxy) is 1. The molecular weight excluding hydrogens is 332 g/mol. The number of amides is 1. The van der Waals surface area contributed by atoms with E-state index in [0.29, 0.717) is 16.6 Å². The van der Waals surface area contributed by atoms with Crippen molar-refractivity contribution in [2.24, 2.45) is 0 Å². The van der Waals surface area contributed by atoms with Gasteiger partial charge < -0.3 is 10.1 Å². The van der Waals surface area contributed by atoms with Crippen LogP contribution in [0.25, 0.3) is 0 Å². The van der Waals surface area contributed by atoms with Crippen LogP contribution in [0.4, 0.5) is 5.82 Å². The molecule has 1 atom stereocenters. The molecule has 1 amide bonds. The molecule has 1 aromatic heterocycles. The minimum atomic E-state index is -0.694. The lowest BCUT2D eigenvalue weighted by molar-refractivity contribution is -0.123. The van der Waals surface area contributed by atoms with Gasteiger partial charge in [0, 0.05) is 22.3 Å². The van der Waals surface area contributed by atoms with E-state index in [9.17, 15) is 4.79 Å². The molecule has 1 unspecified atom stereocenters. The Hall–Kier alpha value is -1.59. The average molecular weight is 340 g/mol. The lowest BCUT2D eigenvalue weighted by Gasteiger charge is -2.25. The topological polar surface area (TPSA) is 51.2 Å². The van der Waals surface area contributed by atoms with Crippen LogP contribution in [0.2, 0.25) is 5.02 Å². The Morgan fingerprint density at radius 2 is 2.05 bits per heavy atom. The molecule has 1 aliphatic rings. The highest BCUT2D eigenvalue weighted by atomic mass is 79.9. The fraction of sp³-hybridized carbons (Fsp3) is 0.0769. The summed E-state index contributed by atoms with van der Waals surface area (Å²) in [5.41, 5.74) is 0.770. The molecular formula is C13H8BrClN2O2. The Labute approximate surface area is 122 Å². The Balaban J connectivity index is 1.96. The quantitative estimate of drug-likeness (QED) is 0.864. The molecule has 1 aromatic carbocycles. The van der Waals surface area contributed by atoms with Crippen LogP contribution in [-0.2, 0) is 4.79 Å². The van der Waals surface area contributed by atoms with Crippen molar-refractivity contribution >= 4 is 39.3 Å². The zero-order valence-electron chi connectivity index (χ0n) is 9.56. The number of halogens is 2. The number of benzene rings is 1. The highest BCUT2D eigenvalue weighted by Gasteiger charge is 2.29. The fourth-order valence-electron chi connectivity index (χ4n) is 1.82. The number of rotatable bonds is 1. The van der Waals surface area contributed by atoms with Gasteiger partial charge in [-0.25, -0.2) is 4.98 Å². The van der Waals surface area contributed by atoms with E-state index in [1.54, 1.807) is 6.07 Å². The molecule has 1 N–H and O–H groups in total. The van der Waals surface area contributed by atoms with Gasteiger partial charge in [0.15, 0.2) is 11.6 Å². The summed E-state index contributed by atoms with van der Waals surface area (Å²) in [4.78, 5) is 16.0. The summed E-state index contributed by atoms with van der Waals surface area (Å²) in [5.74, 6) is 0.618. The van der Waals surface area contributed by atoms with Crippen LogP contribution in [-0.4, -0.2) is 10.9 Å². The Bertz CT molecular complexity index is 646. The van der Waals surface area contributed by atoms with Crippen molar-refractivity contribution < 1.29 is 9.53 Å². The summed E-state index contributed by atoms with van der Waals surface area (Å²) in [6, 6.07) is 9.01. The lowest BCUT2D eigenvalue weighted by Crippen LogP contribution is -2.30. The first-order valence-corrected chi connectivity index (χ1v) is 6.69. The molecule has 96 valence electrons. The smallest absolute Gasteiger partial charge is 0.271 e. The van der Waals surface area contributed by atoms with E-state index in [2.05, 4.69) is 26.2 Å². The minimum absolute atomic E-state index is 0.246. The molecule has 19 heavy (non-hydrogen) atoms. The second-order valence-electron chi connectivity index (χ2n) is 4.04. The fourth-order valence-corrected chi connectivity index (χ4v) is 2.24. The Kier molecular flexibility index (Phi) is 3.16. The molecule has 0 bridgehead atoms. The maximum absolute atomic E-state index is 12.0. The molecule has 0 saturated heterocycles. The Morgan fingerprint density at radius 3 is 2.79 bits per heavy atom. The van der Waals surface area contributed by atoms with Crippen molar-refractivity contribution in [2.75, 3.05) is 5.32 Å². The first kappa shape index (κ1) is 12.4. The third-order valence-electron chi connectivity index (χ3n) is 2.72. The molecule has 0 aliphatic carbocycles. The van der Waals surface area contributed by atoms with Gasteiger partial charge in [0.2, 0.25) is 6.10 Å². The van der Waals surface area contributed by atoms with E-state index >= 15 is 0 Å². The van der Waals surface area contributed by atoms with Gasteiger partial charge in [-0.3, -0.25) is 4.79 Å². The highest BCUT2D eigenvalue weighted by molar-refractivity contribution is 9.10. The monoisotopic (exact) mass is 338 g/mol. The zero-order chi connectivity index (χ0) is 13.4. The molecule has 0 saturated carbocycles. The largest absolute Gasteiger partial charge is 0.472 e. The van der Waals surface area contributed by atoms with E-state index in [1.807, 2.05) is 24.3 Å². The molecule has 3 rings (SSSR count). The average Bonchev–Trinajstić information content (AvgIpc) is 2.40. The number of hydrogen-bond donors (Lipinski definition) is 1. The number of nitrogens with one attached hydrogen (secondary N) is 1. The molecule has 1 aliphatic heterocycles. The maximum atomic E-state index is 12.0. The number of fused-ring (bicyclic) bond motifs is 1. The van der Waals surface area contributed by atoms with Crippen LogP contribution >= 0.6 is 27.5 Å². The van der Waals surface area contributed by atoms with Crippen molar-refractivity contribution in [3.05, 3.63) is 51.6 Å². The SMILES string of the molecule is O=C1Nc2ncc(Cl)cc2OC1c1ccc(Br)cc1. The van der Waals surface area contributed by atoms with Crippen LogP contribution < -0.4 is 10.1 Å². The van der Waals surface area contributed by atoms with Gasteiger partial charge >= 0.3 is 0 Å². The number of hydrogen-bond acceptors (Lipinski definition) is 3. The Morgan fingerprint density at radius 1 is 1.32 bits per heavy atom. The van der Waals surface area contributed by atoms with Crippen molar-refractivity contribution in [1.82, 2.24) is 4.98 Å². The summed E-state index contributed by atoms with van der Waals surface area (Å²) < 4.78 is 6.62. The molecule has 2 heterocycles. The van der Waals surface area contributed by atoms with Gasteiger partial charge in [-0.15, -0.1) is 0 Å². The summed E-state index contributed by atoms with van der Waals surface area (Å²) in [5, 5.41) is 3.17. The standard InChI is InChI=1S/C13H8BrClN2O2/c14-8-3-1-7(2-4-8)11-13(18)17-12-10(19-11)5-9(15)6-16-12/h1-6,11H,(H,16,17,18). The van der Waals surface area contributed by atoms with E-state index in [-0.39, 0.29) is 5.91 Å². The van der Waals surface area contributed by atoms with Crippen LogP contribution in [0, 0.1) is 0 Å². The second kappa shape index (κ2) is 4.83. The van der Waals surface area contributed by atoms with E-state index in [4.69, 9.17) is 16.3 Å². The highest BCUT2D eigenvalue weighted by Crippen LogP contribution is 2.35. The second-order valence-corrected chi connectivity index (χ2v) is 5.39. The number of pyridine rings is 1. The summed E-state index contributed by atoms with van der Waals surface area (Å²) in [7, 11) is 0. The van der Waals surface area contributed by atoms with Crippen molar-refractivity contribution in [3.8, 4) is 5.75 Å². The third-order valence-corrected chi connectivity index (χ3v) is 3.45. The predicted octanol–water partition coefficient (Wildman–Crippen LogP) is 3.57. The van der Waals surface area contributed by atoms with Crippen molar-refractivity contribution in [2.45, 2.75) is 6.10 Å². The summed E-state index contributed by atoms with van der Waals surface area (Å²) >= 11 is 9.22. The van der Waals surface area contributed by atoms with Crippen molar-refractivity contribution in [3.63, 3.8) is 0 Å². The maximum Gasteiger partial charge on any atom is 0.271 e. The van der Waals surface area contributed by atoms with Crippen LogP contribution in [0.5, 0.6) is 5.75 Å². The lowest BCUT2D eigenvalue weighted by atomic mass is 10.1. The number of anilines is 1. The number of nitrogens with zero attached hydrogens (tertiary/aromatic N) is 1. The van der Waals surface area contributed by atoms with Gasteiger partial charge in [0.25, 0.3) is 5.91 Å². The van der Waals surface area contributed by atoms with Gasteiger partial charge in [-0.2, -0.15) is 0 Å². The van der Waals surface area contributed by atoms with Gasteiger partial charge in [-0.05, 0) is 12.1 Å². The van der Waals surface area contributed by atoms with Gasteiger partial charge in [0.05, 0.1) is 5.02 Å². The first-order valence-electron chi connectivity index (χ1n) is 5.52. The van der Waals surface area contributed by atoms with E-state index < -0.39 is 6.10 Å². The van der Waals surface area contributed by atoms with Gasteiger partial charge in [0.1, 0.15) is 0 Å². The first-order chi connectivity index (χ1) is 9.13. The molecule has 0 fully saturated rings. The minimum Gasteiger partial charge on any atom is -0.472 e. The van der Waals surface area contributed by atoms with E-state index in [1.165, 1.54) is 6.20 Å². The number of aromatic nitrogens is 1. The summed E-state index contributed by atoms with van der Waals surface area (Å²) in [6.45, 7) is 0. The van der Waals surface area contributed by atoms with Gasteiger partial charge in [-0.1, -0.05) is 39.7 Å². The molecule has 6 heteroatoms. The summed E-state index contributed by atoms with van der Waals surface area (Å²) in [6.07, 6.45) is 0.769. The number of carbonyl (C=O) groups is 1. The van der Waals surface area contributed by atoms with Crippen LogP contribution in [0.3, 0.4) is 0 Å². The molecule has 2 aromatic rings. The zero-order valence-corrected chi connectivity index (χ0v) is 11.9. The third kappa shape index (κ3) is 2.43. The van der Waals surface area contributed by atoms with Crippen LogP contribution in [0.1, 0.15) is 11.7 Å². The molecule has 4 nitrogen and oxygen atoms in total.